The van der Waals surface area contributed by atoms with Crippen LogP contribution in [0.25, 0.3) is 33.6 Å². The third kappa shape index (κ3) is 6.56. The Kier molecular flexibility index (Phi) is 9.00. The Bertz CT molecular complexity index is 1270. The Morgan fingerprint density at radius 3 is 1.94 bits per heavy atom. The summed E-state index contributed by atoms with van der Waals surface area (Å²) in [4.78, 5) is 8.78. The van der Waals surface area contributed by atoms with Crippen molar-refractivity contribution in [2.24, 2.45) is 0 Å². The molecule has 3 aromatic carbocycles. The van der Waals surface area contributed by atoms with Gasteiger partial charge in [0, 0.05) is 38.6 Å². The molecule has 0 atom stereocenters. The van der Waals surface area contributed by atoms with E-state index in [-0.39, 0.29) is 20.1 Å². The van der Waals surface area contributed by atoms with Crippen molar-refractivity contribution in [3.8, 4) is 39.7 Å². The average Bonchev–Trinajstić information content (AvgIpc) is 2.91. The molecule has 34 heavy (non-hydrogen) atoms. The van der Waals surface area contributed by atoms with Gasteiger partial charge in [-0.2, -0.15) is 0 Å². The normalized spacial score (nSPS) is 9.65. The largest absolute Gasteiger partial charge is 0.304 e. The molecule has 1 radical (unpaired) electrons. The summed E-state index contributed by atoms with van der Waals surface area (Å²) < 4.78 is 0. The topological polar surface area (TPSA) is 49.6 Å². The first-order valence-electron chi connectivity index (χ1n) is 10.6. The minimum absolute atomic E-state index is 0. The molecule has 0 unspecified atom stereocenters. The summed E-state index contributed by atoms with van der Waals surface area (Å²) in [6, 6.07) is 39.8. The summed E-state index contributed by atoms with van der Waals surface area (Å²) >= 11 is 0. The Labute approximate surface area is 214 Å². The summed E-state index contributed by atoms with van der Waals surface area (Å²) in [7, 11) is 0. The maximum absolute atomic E-state index is 8.65. The van der Waals surface area contributed by atoms with E-state index in [1.807, 2.05) is 86.0 Å². The molecule has 0 aliphatic carbocycles. The molecule has 167 valence electrons. The molecular weight excluding hydrogens is 595 g/mol. The van der Waals surface area contributed by atoms with Crippen molar-refractivity contribution >= 4 is 0 Å². The van der Waals surface area contributed by atoms with E-state index >= 15 is 0 Å². The molecule has 0 aliphatic rings. The van der Waals surface area contributed by atoms with E-state index in [9.17, 15) is 0 Å². The quantitative estimate of drug-likeness (QED) is 0.207. The number of nitrogens with zero attached hydrogens (tertiary/aromatic N) is 3. The van der Waals surface area contributed by atoms with Gasteiger partial charge in [-0.1, -0.05) is 54.6 Å². The first kappa shape index (κ1) is 24.7. The van der Waals surface area contributed by atoms with E-state index < -0.39 is 0 Å². The van der Waals surface area contributed by atoms with Crippen molar-refractivity contribution in [1.82, 2.24) is 9.97 Å². The monoisotopic (exact) mass is 616 g/mol. The molecule has 2 aromatic heterocycles. The van der Waals surface area contributed by atoms with Crippen molar-refractivity contribution in [2.45, 2.75) is 6.92 Å². The molecular formula is C30H21IrN3-2. The molecule has 4 heteroatoms. The Morgan fingerprint density at radius 2 is 1.38 bits per heavy atom. The molecule has 0 aliphatic heterocycles. The minimum atomic E-state index is 0. The van der Waals surface area contributed by atoms with Crippen LogP contribution in [0.2, 0.25) is 0 Å². The van der Waals surface area contributed by atoms with Crippen LogP contribution in [0, 0.1) is 30.4 Å². The molecule has 0 saturated heterocycles. The van der Waals surface area contributed by atoms with Gasteiger partial charge in [-0.3, -0.25) is 0 Å². The molecule has 5 rings (SSSR count). The van der Waals surface area contributed by atoms with Gasteiger partial charge < -0.3 is 9.97 Å². The number of rotatable bonds is 3. The van der Waals surface area contributed by atoms with Crippen LogP contribution in [0.3, 0.4) is 0 Å². The van der Waals surface area contributed by atoms with Crippen molar-refractivity contribution in [1.29, 1.82) is 5.26 Å². The second kappa shape index (κ2) is 12.4. The first-order valence-corrected chi connectivity index (χ1v) is 10.6. The van der Waals surface area contributed by atoms with Crippen LogP contribution in [0.1, 0.15) is 11.1 Å². The second-order valence-corrected chi connectivity index (χ2v) is 7.40. The van der Waals surface area contributed by atoms with Gasteiger partial charge in [0.2, 0.25) is 0 Å². The van der Waals surface area contributed by atoms with Crippen molar-refractivity contribution in [3.05, 3.63) is 133 Å². The van der Waals surface area contributed by atoms with Crippen LogP contribution >= 0.6 is 0 Å². The maximum Gasteiger partial charge on any atom is 0.0476 e. The Morgan fingerprint density at radius 1 is 0.676 bits per heavy atom. The number of hydrogen-bond donors (Lipinski definition) is 0. The van der Waals surface area contributed by atoms with Gasteiger partial charge in [-0.15, -0.1) is 65.7 Å². The third-order valence-electron chi connectivity index (χ3n) is 4.98. The number of benzene rings is 3. The van der Waals surface area contributed by atoms with Crippen molar-refractivity contribution in [2.75, 3.05) is 0 Å². The fourth-order valence-corrected chi connectivity index (χ4v) is 3.19. The van der Waals surface area contributed by atoms with Crippen LogP contribution in [0.4, 0.5) is 0 Å². The molecule has 2 heterocycles. The van der Waals surface area contributed by atoms with E-state index in [4.69, 9.17) is 5.26 Å². The van der Waals surface area contributed by atoms with E-state index in [0.29, 0.717) is 5.56 Å². The third-order valence-corrected chi connectivity index (χ3v) is 4.98. The molecule has 3 nitrogen and oxygen atoms in total. The number of aromatic nitrogens is 2. The Balaban J connectivity index is 0.000000188. The maximum atomic E-state index is 8.65. The van der Waals surface area contributed by atoms with E-state index in [1.54, 1.807) is 12.1 Å². The van der Waals surface area contributed by atoms with Crippen LogP contribution in [-0.2, 0) is 20.1 Å². The zero-order chi connectivity index (χ0) is 22.9. The predicted octanol–water partition coefficient (Wildman–Crippen LogP) is 6.94. The van der Waals surface area contributed by atoms with Gasteiger partial charge in [0.1, 0.15) is 0 Å². The molecule has 0 saturated carbocycles. The van der Waals surface area contributed by atoms with Crippen LogP contribution in [0.5, 0.6) is 0 Å². The van der Waals surface area contributed by atoms with E-state index in [2.05, 4.69) is 46.4 Å². The Hall–Kier alpha value is -3.90. The van der Waals surface area contributed by atoms with Gasteiger partial charge in [-0.25, -0.2) is 5.26 Å². The van der Waals surface area contributed by atoms with Gasteiger partial charge in [0.05, 0.1) is 0 Å². The van der Waals surface area contributed by atoms with E-state index in [1.165, 1.54) is 5.56 Å². The summed E-state index contributed by atoms with van der Waals surface area (Å²) in [6.45, 7) is 2.00. The van der Waals surface area contributed by atoms with Gasteiger partial charge in [-0.05, 0) is 40.6 Å². The van der Waals surface area contributed by atoms with Gasteiger partial charge in [0.15, 0.2) is 0 Å². The smallest absolute Gasteiger partial charge is 0.0476 e. The van der Waals surface area contributed by atoms with Crippen molar-refractivity contribution in [3.63, 3.8) is 0 Å². The van der Waals surface area contributed by atoms with Crippen molar-refractivity contribution < 1.29 is 20.1 Å². The standard InChI is InChI=1S/C17H12N.C13H9N2.Ir/c1-3-7-14(8-4-1)16-11-12-17(18-13-16)15-9-5-2-6-10-15;1-10-2-7-13(15-9-10)12-5-3-11(8-14)4-6-12;/h1-9,11-13H;2-5,7,9H,1H3;/q2*-1;. The number of nitriles is 1. The van der Waals surface area contributed by atoms with E-state index in [0.717, 1.165) is 33.6 Å². The molecule has 0 amide bonds. The summed E-state index contributed by atoms with van der Waals surface area (Å²) in [6.07, 6.45) is 3.73. The SMILES string of the molecule is Cc1ccc(-c2[c-]cc(C#N)cc2)nc1.[Ir].[c-]1ccccc1-c1ccc(-c2ccccc2)cn1. The molecule has 0 spiro atoms. The fourth-order valence-electron chi connectivity index (χ4n) is 3.19. The second-order valence-electron chi connectivity index (χ2n) is 7.40. The first-order chi connectivity index (χ1) is 16.2. The number of aryl methyl sites for hydroxylation is 1. The zero-order valence-electron chi connectivity index (χ0n) is 18.6. The van der Waals surface area contributed by atoms with Gasteiger partial charge in [0.25, 0.3) is 0 Å². The molecule has 0 fully saturated rings. The zero-order valence-corrected chi connectivity index (χ0v) is 21.0. The minimum Gasteiger partial charge on any atom is -0.304 e. The summed E-state index contributed by atoms with van der Waals surface area (Å²) in [5.74, 6) is 0. The van der Waals surface area contributed by atoms with Crippen LogP contribution < -0.4 is 0 Å². The predicted molar refractivity (Wildman–Crippen MR) is 132 cm³/mol. The molecule has 0 bridgehead atoms. The van der Waals surface area contributed by atoms with Crippen LogP contribution in [0.15, 0.2) is 109 Å². The van der Waals surface area contributed by atoms with Crippen LogP contribution in [-0.4, -0.2) is 9.97 Å². The number of hydrogen-bond acceptors (Lipinski definition) is 3. The van der Waals surface area contributed by atoms with Gasteiger partial charge >= 0.3 is 0 Å². The average molecular weight is 616 g/mol. The number of pyridine rings is 2. The summed E-state index contributed by atoms with van der Waals surface area (Å²) in [5, 5.41) is 8.65. The summed E-state index contributed by atoms with van der Waals surface area (Å²) in [5.41, 5.74) is 7.84. The molecule has 0 N–H and O–H groups in total. The molecule has 5 aromatic rings. The fraction of sp³-hybridized carbons (Fsp3) is 0.0333.